The standard InChI is InChI=1S/C13H7F7N4O3/c1-2-5(25)22-12-4(24(26)27)3-21-23(12)11-9(16)7(14)6(13(18,19)20)8(15)10(11)17/h3H,2H2,1H3,(H,22,25). The fourth-order valence-electron chi connectivity index (χ4n) is 2.04. The molecule has 1 amide bonds. The molecule has 0 aliphatic carbocycles. The van der Waals surface area contributed by atoms with E-state index in [1.807, 2.05) is 5.32 Å². The molecule has 2 aromatic rings. The summed E-state index contributed by atoms with van der Waals surface area (Å²) in [4.78, 5) is 21.3. The molecule has 7 nitrogen and oxygen atoms in total. The minimum Gasteiger partial charge on any atom is -0.305 e. The molecule has 1 heterocycles. The molecule has 0 saturated heterocycles. The van der Waals surface area contributed by atoms with E-state index in [2.05, 4.69) is 5.10 Å². The SMILES string of the molecule is CCC(=O)Nc1c([N+](=O)[O-])cnn1-c1c(F)c(F)c(C(F)(F)F)c(F)c1F. The topological polar surface area (TPSA) is 90.1 Å². The van der Waals surface area contributed by atoms with Gasteiger partial charge in [0.1, 0.15) is 17.4 Å². The van der Waals surface area contributed by atoms with Crippen molar-refractivity contribution >= 4 is 17.4 Å². The first-order chi connectivity index (χ1) is 12.4. The van der Waals surface area contributed by atoms with Crippen molar-refractivity contribution in [2.45, 2.75) is 19.5 Å². The van der Waals surface area contributed by atoms with Crippen LogP contribution in [0.15, 0.2) is 6.20 Å². The van der Waals surface area contributed by atoms with E-state index in [1.165, 1.54) is 6.92 Å². The molecule has 0 unspecified atom stereocenters. The van der Waals surface area contributed by atoms with Crippen LogP contribution >= 0.6 is 0 Å². The van der Waals surface area contributed by atoms with Gasteiger partial charge >= 0.3 is 11.9 Å². The number of hydrogen-bond donors (Lipinski definition) is 1. The second-order valence-electron chi connectivity index (χ2n) is 4.93. The van der Waals surface area contributed by atoms with Crippen molar-refractivity contribution in [2.75, 3.05) is 5.32 Å². The number of amides is 1. The highest BCUT2D eigenvalue weighted by Gasteiger charge is 2.43. The average molecular weight is 400 g/mol. The molecular formula is C13H7F7N4O3. The lowest BCUT2D eigenvalue weighted by molar-refractivity contribution is -0.384. The zero-order chi connectivity index (χ0) is 20.7. The van der Waals surface area contributed by atoms with Crippen LogP contribution in [0, 0.1) is 33.4 Å². The van der Waals surface area contributed by atoms with Crippen LogP contribution in [0.2, 0.25) is 0 Å². The first-order valence-corrected chi connectivity index (χ1v) is 6.87. The maximum Gasteiger partial charge on any atom is 0.422 e. The van der Waals surface area contributed by atoms with E-state index in [4.69, 9.17) is 0 Å². The molecule has 0 saturated carbocycles. The number of carbonyl (C=O) groups is 1. The van der Waals surface area contributed by atoms with Gasteiger partial charge in [0.25, 0.3) is 0 Å². The minimum absolute atomic E-state index is 0.108. The average Bonchev–Trinajstić information content (AvgIpc) is 2.95. The van der Waals surface area contributed by atoms with Gasteiger partial charge in [0, 0.05) is 6.42 Å². The molecule has 0 radical (unpaired) electrons. The number of hydrogen-bond acceptors (Lipinski definition) is 4. The first kappa shape index (κ1) is 20.1. The molecule has 2 rings (SSSR count). The number of carbonyl (C=O) groups excluding carboxylic acids is 1. The van der Waals surface area contributed by atoms with Gasteiger partial charge in [-0.1, -0.05) is 6.92 Å². The molecule has 0 aliphatic rings. The number of benzene rings is 1. The molecule has 0 atom stereocenters. The molecule has 1 N–H and O–H groups in total. The van der Waals surface area contributed by atoms with Gasteiger partial charge in [-0.05, 0) is 0 Å². The highest BCUT2D eigenvalue weighted by Crippen LogP contribution is 2.39. The summed E-state index contributed by atoms with van der Waals surface area (Å²) in [6, 6.07) is 0. The van der Waals surface area contributed by atoms with Gasteiger partial charge in [-0.15, -0.1) is 0 Å². The Morgan fingerprint density at radius 1 is 1.19 bits per heavy atom. The predicted octanol–water partition coefficient (Wildman–Crippen LogP) is 3.70. The van der Waals surface area contributed by atoms with Crippen molar-refractivity contribution in [1.82, 2.24) is 9.78 Å². The Balaban J connectivity index is 2.84. The molecule has 0 aliphatic heterocycles. The van der Waals surface area contributed by atoms with Crippen LogP contribution < -0.4 is 5.32 Å². The van der Waals surface area contributed by atoms with Gasteiger partial charge < -0.3 is 5.32 Å². The van der Waals surface area contributed by atoms with E-state index in [1.54, 1.807) is 0 Å². The monoisotopic (exact) mass is 400 g/mol. The third-order valence-corrected chi connectivity index (χ3v) is 3.26. The van der Waals surface area contributed by atoms with E-state index >= 15 is 0 Å². The second kappa shape index (κ2) is 6.85. The van der Waals surface area contributed by atoms with Crippen molar-refractivity contribution in [2.24, 2.45) is 0 Å². The maximum absolute atomic E-state index is 14.1. The van der Waals surface area contributed by atoms with E-state index in [0.717, 1.165) is 0 Å². The molecule has 0 bridgehead atoms. The van der Waals surface area contributed by atoms with Crippen molar-refractivity contribution in [1.29, 1.82) is 0 Å². The Hall–Kier alpha value is -3.19. The van der Waals surface area contributed by atoms with Gasteiger partial charge in [-0.25, -0.2) is 22.2 Å². The number of aromatic nitrogens is 2. The molecule has 146 valence electrons. The van der Waals surface area contributed by atoms with Crippen LogP contribution in [0.4, 0.5) is 42.2 Å². The molecular weight excluding hydrogens is 393 g/mol. The number of nitro groups is 1. The summed E-state index contributed by atoms with van der Waals surface area (Å²) in [6.45, 7) is 1.31. The van der Waals surface area contributed by atoms with Crippen LogP contribution in [-0.4, -0.2) is 20.6 Å². The summed E-state index contributed by atoms with van der Waals surface area (Å²) in [5.74, 6) is -12.5. The Bertz CT molecular complexity index is 910. The summed E-state index contributed by atoms with van der Waals surface area (Å²) in [5, 5.41) is 15.9. The van der Waals surface area contributed by atoms with Gasteiger partial charge in [0.2, 0.25) is 11.7 Å². The summed E-state index contributed by atoms with van der Waals surface area (Å²) in [5.41, 5.74) is -5.64. The molecule has 0 spiro atoms. The fraction of sp³-hybridized carbons (Fsp3) is 0.231. The lowest BCUT2D eigenvalue weighted by Crippen LogP contribution is -2.20. The largest absolute Gasteiger partial charge is 0.422 e. The minimum atomic E-state index is -5.76. The number of alkyl halides is 3. The van der Waals surface area contributed by atoms with Crippen LogP contribution in [0.3, 0.4) is 0 Å². The first-order valence-electron chi connectivity index (χ1n) is 6.87. The quantitative estimate of drug-likeness (QED) is 0.367. The van der Waals surface area contributed by atoms with E-state index in [0.29, 0.717) is 6.20 Å². The number of halogens is 7. The summed E-state index contributed by atoms with van der Waals surface area (Å²) in [7, 11) is 0. The third kappa shape index (κ3) is 3.41. The number of nitrogens with zero attached hydrogens (tertiary/aromatic N) is 3. The third-order valence-electron chi connectivity index (χ3n) is 3.26. The Morgan fingerprint density at radius 3 is 2.11 bits per heavy atom. The number of nitrogens with one attached hydrogen (secondary N) is 1. The van der Waals surface area contributed by atoms with Crippen molar-refractivity contribution in [3.05, 3.63) is 45.1 Å². The number of rotatable bonds is 4. The lowest BCUT2D eigenvalue weighted by Gasteiger charge is -2.15. The lowest BCUT2D eigenvalue weighted by atomic mass is 10.1. The summed E-state index contributed by atoms with van der Waals surface area (Å²) < 4.78 is 93.5. The van der Waals surface area contributed by atoms with E-state index < -0.39 is 63.0 Å². The number of anilines is 1. The Labute approximate surface area is 144 Å². The Kier molecular flexibility index (Phi) is 5.10. The van der Waals surface area contributed by atoms with Crippen molar-refractivity contribution in [3.8, 4) is 5.69 Å². The van der Waals surface area contributed by atoms with Crippen LogP contribution in [0.25, 0.3) is 5.69 Å². The van der Waals surface area contributed by atoms with Crippen LogP contribution in [0.1, 0.15) is 18.9 Å². The van der Waals surface area contributed by atoms with Gasteiger partial charge in [0.05, 0.1) is 4.92 Å². The molecule has 1 aromatic carbocycles. The highest BCUT2D eigenvalue weighted by atomic mass is 19.4. The summed E-state index contributed by atoms with van der Waals surface area (Å²) in [6.07, 6.45) is -5.63. The van der Waals surface area contributed by atoms with Gasteiger partial charge in [0.15, 0.2) is 23.3 Å². The zero-order valence-corrected chi connectivity index (χ0v) is 13.0. The summed E-state index contributed by atoms with van der Waals surface area (Å²) >= 11 is 0. The molecule has 27 heavy (non-hydrogen) atoms. The maximum atomic E-state index is 14.1. The van der Waals surface area contributed by atoms with E-state index in [9.17, 15) is 45.6 Å². The molecule has 1 aromatic heterocycles. The Morgan fingerprint density at radius 2 is 1.70 bits per heavy atom. The fourth-order valence-corrected chi connectivity index (χ4v) is 2.04. The van der Waals surface area contributed by atoms with Crippen LogP contribution in [-0.2, 0) is 11.0 Å². The van der Waals surface area contributed by atoms with Crippen molar-refractivity contribution < 1.29 is 40.5 Å². The highest BCUT2D eigenvalue weighted by molar-refractivity contribution is 5.92. The van der Waals surface area contributed by atoms with Crippen LogP contribution in [0.5, 0.6) is 0 Å². The van der Waals surface area contributed by atoms with E-state index in [-0.39, 0.29) is 11.1 Å². The second-order valence-corrected chi connectivity index (χ2v) is 4.93. The van der Waals surface area contributed by atoms with Gasteiger partial charge in [-0.3, -0.25) is 14.9 Å². The zero-order valence-electron chi connectivity index (χ0n) is 13.0. The van der Waals surface area contributed by atoms with Gasteiger partial charge in [-0.2, -0.15) is 18.3 Å². The molecule has 0 fully saturated rings. The van der Waals surface area contributed by atoms with Crippen molar-refractivity contribution in [3.63, 3.8) is 0 Å². The normalized spacial score (nSPS) is 11.6. The molecule has 14 heteroatoms. The smallest absolute Gasteiger partial charge is 0.305 e. The predicted molar refractivity (Wildman–Crippen MR) is 74.0 cm³/mol.